The van der Waals surface area contributed by atoms with Crippen molar-refractivity contribution in [3.63, 3.8) is 0 Å². The number of hydrogen-bond donors (Lipinski definition) is 2. The van der Waals surface area contributed by atoms with Gasteiger partial charge in [0.25, 0.3) is 5.91 Å². The van der Waals surface area contributed by atoms with Crippen LogP contribution in [-0.4, -0.2) is 18.4 Å². The second kappa shape index (κ2) is 3.27. The molecule has 0 bridgehead atoms. The van der Waals surface area contributed by atoms with Gasteiger partial charge in [-0.3, -0.25) is 9.59 Å². The van der Waals surface area contributed by atoms with Crippen LogP contribution in [0, 0.1) is 0 Å². The number of hydrogen-bond acceptors (Lipinski definition) is 3. The van der Waals surface area contributed by atoms with Crippen LogP contribution < -0.4 is 16.2 Å². The Bertz CT molecular complexity index is 454. The van der Waals surface area contributed by atoms with Gasteiger partial charge in [0, 0.05) is 12.0 Å². The first-order valence-electron chi connectivity index (χ1n) is 4.49. The summed E-state index contributed by atoms with van der Waals surface area (Å²) in [5.74, 6) is -0.712. The Kier molecular flexibility index (Phi) is 2.07. The van der Waals surface area contributed by atoms with Gasteiger partial charge in [-0.15, -0.1) is 0 Å². The lowest BCUT2D eigenvalue weighted by Gasteiger charge is -2.06. The minimum absolute atomic E-state index is 0.221. The zero-order chi connectivity index (χ0) is 11.0. The predicted molar refractivity (Wildman–Crippen MR) is 52.7 cm³/mol. The Balaban J connectivity index is 2.62. The van der Waals surface area contributed by atoms with Crippen molar-refractivity contribution in [2.45, 2.75) is 6.42 Å². The first-order chi connectivity index (χ1) is 7.09. The van der Waals surface area contributed by atoms with Crippen molar-refractivity contribution in [2.24, 2.45) is 11.5 Å². The van der Waals surface area contributed by atoms with E-state index in [0.29, 0.717) is 18.8 Å². The number of carbonyl (C=O) groups excluding carboxylic acids is 2. The monoisotopic (exact) mass is 206 g/mol. The minimum atomic E-state index is -0.615. The fraction of sp³-hybridized carbons (Fsp3) is 0.200. The van der Waals surface area contributed by atoms with Crippen LogP contribution in [-0.2, 0) is 6.42 Å². The minimum Gasteiger partial charge on any atom is -0.492 e. The standard InChI is InChI=1S/C10H10N2O3/c11-9(13)6-3-5-1-2-15-8(5)7(4-6)10(12)14/h3-4H,1-2H2,(H2,11,13)(H2,12,14). The third-order valence-corrected chi connectivity index (χ3v) is 2.33. The van der Waals surface area contributed by atoms with Gasteiger partial charge in [-0.2, -0.15) is 0 Å². The Morgan fingerprint density at radius 3 is 2.53 bits per heavy atom. The number of amides is 2. The number of ether oxygens (including phenoxy) is 1. The summed E-state index contributed by atoms with van der Waals surface area (Å²) in [5.41, 5.74) is 11.6. The van der Waals surface area contributed by atoms with E-state index in [2.05, 4.69) is 0 Å². The van der Waals surface area contributed by atoms with E-state index in [4.69, 9.17) is 16.2 Å². The van der Waals surface area contributed by atoms with Crippen LogP contribution >= 0.6 is 0 Å². The third-order valence-electron chi connectivity index (χ3n) is 2.33. The number of fused-ring (bicyclic) bond motifs is 1. The highest BCUT2D eigenvalue weighted by Gasteiger charge is 2.21. The van der Waals surface area contributed by atoms with E-state index in [-0.39, 0.29) is 11.1 Å². The number of primary amides is 2. The molecule has 5 nitrogen and oxygen atoms in total. The summed E-state index contributed by atoms with van der Waals surface area (Å²) in [5, 5.41) is 0. The molecule has 4 N–H and O–H groups in total. The highest BCUT2D eigenvalue weighted by atomic mass is 16.5. The Morgan fingerprint density at radius 1 is 1.20 bits per heavy atom. The molecule has 0 aliphatic carbocycles. The maximum absolute atomic E-state index is 11.1. The zero-order valence-electron chi connectivity index (χ0n) is 7.95. The molecule has 78 valence electrons. The van der Waals surface area contributed by atoms with Crippen molar-refractivity contribution in [1.82, 2.24) is 0 Å². The molecule has 2 rings (SSSR count). The molecule has 2 amide bonds. The maximum Gasteiger partial charge on any atom is 0.252 e. The summed E-state index contributed by atoms with van der Waals surface area (Å²) < 4.78 is 5.27. The molecule has 0 aromatic heterocycles. The Morgan fingerprint density at radius 2 is 1.93 bits per heavy atom. The van der Waals surface area contributed by atoms with Crippen LogP contribution in [0.1, 0.15) is 26.3 Å². The average Bonchev–Trinajstić information content (AvgIpc) is 2.62. The molecule has 0 unspecified atom stereocenters. The fourth-order valence-corrected chi connectivity index (χ4v) is 1.63. The lowest BCUT2D eigenvalue weighted by molar-refractivity contribution is 0.0997. The van der Waals surface area contributed by atoms with Crippen LogP contribution in [0.15, 0.2) is 12.1 Å². The van der Waals surface area contributed by atoms with Crippen LogP contribution in [0.3, 0.4) is 0 Å². The van der Waals surface area contributed by atoms with Gasteiger partial charge in [0.2, 0.25) is 5.91 Å². The van der Waals surface area contributed by atoms with Gasteiger partial charge in [0.15, 0.2) is 0 Å². The van der Waals surface area contributed by atoms with Crippen molar-refractivity contribution in [2.75, 3.05) is 6.61 Å². The lowest BCUT2D eigenvalue weighted by atomic mass is 10.0. The van der Waals surface area contributed by atoms with E-state index in [1.807, 2.05) is 0 Å². The van der Waals surface area contributed by atoms with E-state index < -0.39 is 11.8 Å². The lowest BCUT2D eigenvalue weighted by Crippen LogP contribution is -2.16. The van der Waals surface area contributed by atoms with E-state index >= 15 is 0 Å². The second-order valence-corrected chi connectivity index (χ2v) is 3.34. The average molecular weight is 206 g/mol. The molecule has 0 radical (unpaired) electrons. The first kappa shape index (κ1) is 9.51. The van der Waals surface area contributed by atoms with Crippen molar-refractivity contribution in [3.8, 4) is 5.75 Å². The largest absolute Gasteiger partial charge is 0.492 e. The van der Waals surface area contributed by atoms with Crippen LogP contribution in [0.4, 0.5) is 0 Å². The van der Waals surface area contributed by atoms with Crippen molar-refractivity contribution >= 4 is 11.8 Å². The van der Waals surface area contributed by atoms with Gasteiger partial charge >= 0.3 is 0 Å². The van der Waals surface area contributed by atoms with Crippen LogP contribution in [0.25, 0.3) is 0 Å². The molecule has 5 heteroatoms. The first-order valence-corrected chi connectivity index (χ1v) is 4.49. The SMILES string of the molecule is NC(=O)c1cc2c(c(C(N)=O)c1)OCC2. The van der Waals surface area contributed by atoms with E-state index in [0.717, 1.165) is 5.56 Å². The topological polar surface area (TPSA) is 95.4 Å². The molecule has 15 heavy (non-hydrogen) atoms. The number of nitrogens with two attached hydrogens (primary N) is 2. The molecular formula is C10H10N2O3. The molecule has 1 aromatic carbocycles. The van der Waals surface area contributed by atoms with E-state index in [1.54, 1.807) is 6.07 Å². The molecule has 0 saturated carbocycles. The highest BCUT2D eigenvalue weighted by molar-refractivity contribution is 6.01. The smallest absolute Gasteiger partial charge is 0.252 e. The molecule has 0 atom stereocenters. The molecule has 0 fully saturated rings. The maximum atomic E-state index is 11.1. The summed E-state index contributed by atoms with van der Waals surface area (Å²) in [4.78, 5) is 22.1. The van der Waals surface area contributed by atoms with E-state index in [1.165, 1.54) is 6.07 Å². The normalized spacial score (nSPS) is 13.1. The van der Waals surface area contributed by atoms with Crippen LogP contribution in [0.5, 0.6) is 5.75 Å². The molecule has 1 heterocycles. The van der Waals surface area contributed by atoms with Gasteiger partial charge in [0.05, 0.1) is 12.2 Å². The van der Waals surface area contributed by atoms with Gasteiger partial charge in [-0.1, -0.05) is 0 Å². The summed E-state index contributed by atoms with van der Waals surface area (Å²) >= 11 is 0. The summed E-state index contributed by atoms with van der Waals surface area (Å²) in [6.07, 6.45) is 0.663. The Labute approximate surface area is 86.0 Å². The van der Waals surface area contributed by atoms with Crippen molar-refractivity contribution in [3.05, 3.63) is 28.8 Å². The van der Waals surface area contributed by atoms with Gasteiger partial charge in [-0.25, -0.2) is 0 Å². The summed E-state index contributed by atoms with van der Waals surface area (Å²) in [6.45, 7) is 0.498. The predicted octanol–water partition coefficient (Wildman–Crippen LogP) is -0.181. The molecule has 0 spiro atoms. The third kappa shape index (κ3) is 1.52. The van der Waals surface area contributed by atoms with Gasteiger partial charge < -0.3 is 16.2 Å². The summed E-state index contributed by atoms with van der Waals surface area (Å²) in [6, 6.07) is 3.01. The highest BCUT2D eigenvalue weighted by Crippen LogP contribution is 2.30. The number of benzene rings is 1. The number of carbonyl (C=O) groups is 2. The van der Waals surface area contributed by atoms with Gasteiger partial charge in [-0.05, 0) is 17.7 Å². The van der Waals surface area contributed by atoms with Crippen LogP contribution in [0.2, 0.25) is 0 Å². The molecule has 0 saturated heterocycles. The van der Waals surface area contributed by atoms with Gasteiger partial charge in [0.1, 0.15) is 5.75 Å². The molecule has 1 aliphatic rings. The fourth-order valence-electron chi connectivity index (χ4n) is 1.63. The number of rotatable bonds is 2. The van der Waals surface area contributed by atoms with Crippen molar-refractivity contribution < 1.29 is 14.3 Å². The quantitative estimate of drug-likeness (QED) is 0.702. The Hall–Kier alpha value is -2.04. The second-order valence-electron chi connectivity index (χ2n) is 3.34. The zero-order valence-corrected chi connectivity index (χ0v) is 7.95. The molecule has 1 aliphatic heterocycles. The molecule has 1 aromatic rings. The van der Waals surface area contributed by atoms with Crippen molar-refractivity contribution in [1.29, 1.82) is 0 Å². The van der Waals surface area contributed by atoms with E-state index in [9.17, 15) is 9.59 Å². The summed E-state index contributed by atoms with van der Waals surface area (Å²) in [7, 11) is 0. The molecular weight excluding hydrogens is 196 g/mol.